The molecule has 2 rings (SSSR count). The third-order valence-corrected chi connectivity index (χ3v) is 2.91. The molecule has 1 saturated heterocycles. The van der Waals surface area contributed by atoms with E-state index in [1.165, 1.54) is 0 Å². The Morgan fingerprint density at radius 2 is 2.39 bits per heavy atom. The van der Waals surface area contributed by atoms with Crippen LogP contribution in [0.5, 0.6) is 5.75 Å². The number of carbonyl (C=O) groups excluding carboxylic acids is 1. The Balaban J connectivity index is 1.85. The zero-order valence-corrected chi connectivity index (χ0v) is 10.3. The molecule has 0 saturated carbocycles. The van der Waals surface area contributed by atoms with E-state index in [1.807, 2.05) is 24.3 Å². The molecule has 98 valence electrons. The monoisotopic (exact) mass is 251 g/mol. The number of aliphatic hydroxyl groups is 1. The standard InChI is InChI=1S/C13H17NO4/c1-17-11-4-2-3-9(5-11)8-18-13(16)12-6-10(15)7-14-12/h2-5,10,12,14-15H,6-8H2,1H3/t10-,12-/m1/s1. The van der Waals surface area contributed by atoms with Crippen molar-refractivity contribution in [3.05, 3.63) is 29.8 Å². The average molecular weight is 251 g/mol. The maximum absolute atomic E-state index is 11.7. The highest BCUT2D eigenvalue weighted by atomic mass is 16.5. The van der Waals surface area contributed by atoms with Gasteiger partial charge in [0.25, 0.3) is 0 Å². The van der Waals surface area contributed by atoms with Crippen LogP contribution < -0.4 is 10.1 Å². The number of nitrogens with one attached hydrogen (secondary N) is 1. The maximum atomic E-state index is 11.7. The number of hydrogen-bond acceptors (Lipinski definition) is 5. The summed E-state index contributed by atoms with van der Waals surface area (Å²) in [6.45, 7) is 0.656. The minimum atomic E-state index is -0.459. The molecule has 1 aliphatic rings. The molecule has 1 heterocycles. The third-order valence-electron chi connectivity index (χ3n) is 2.91. The average Bonchev–Trinajstić information content (AvgIpc) is 2.83. The van der Waals surface area contributed by atoms with Crippen molar-refractivity contribution in [2.24, 2.45) is 0 Å². The van der Waals surface area contributed by atoms with Crippen LogP contribution in [0, 0.1) is 0 Å². The van der Waals surface area contributed by atoms with Crippen molar-refractivity contribution >= 4 is 5.97 Å². The summed E-state index contributed by atoms with van der Waals surface area (Å²) in [5.74, 6) is 0.410. The lowest BCUT2D eigenvalue weighted by Gasteiger charge is -2.10. The van der Waals surface area contributed by atoms with E-state index in [0.29, 0.717) is 13.0 Å². The number of β-amino-alcohol motifs (C(OH)–C–C–N with tert-alkyl or cyclic N) is 1. The van der Waals surface area contributed by atoms with Gasteiger partial charge >= 0.3 is 5.97 Å². The smallest absolute Gasteiger partial charge is 0.323 e. The van der Waals surface area contributed by atoms with Gasteiger partial charge in [0.2, 0.25) is 0 Å². The van der Waals surface area contributed by atoms with Crippen LogP contribution >= 0.6 is 0 Å². The van der Waals surface area contributed by atoms with E-state index < -0.39 is 12.1 Å². The van der Waals surface area contributed by atoms with Gasteiger partial charge in [-0.1, -0.05) is 12.1 Å². The maximum Gasteiger partial charge on any atom is 0.323 e. The van der Waals surface area contributed by atoms with Crippen molar-refractivity contribution in [2.45, 2.75) is 25.2 Å². The summed E-state index contributed by atoms with van der Waals surface area (Å²) >= 11 is 0. The van der Waals surface area contributed by atoms with Crippen molar-refractivity contribution in [2.75, 3.05) is 13.7 Å². The third kappa shape index (κ3) is 3.21. The number of rotatable bonds is 4. The molecule has 1 aliphatic heterocycles. The molecule has 1 aromatic carbocycles. The highest BCUT2D eigenvalue weighted by Crippen LogP contribution is 2.14. The Kier molecular flexibility index (Phi) is 4.17. The molecule has 1 fully saturated rings. The molecule has 5 nitrogen and oxygen atoms in total. The lowest BCUT2D eigenvalue weighted by Crippen LogP contribution is -2.32. The van der Waals surface area contributed by atoms with Crippen molar-refractivity contribution in [3.8, 4) is 5.75 Å². The molecule has 2 N–H and O–H groups in total. The summed E-state index contributed by atoms with van der Waals surface area (Å²) in [5.41, 5.74) is 0.876. The Bertz CT molecular complexity index is 421. The van der Waals surface area contributed by atoms with Gasteiger partial charge in [0.05, 0.1) is 13.2 Å². The molecule has 0 unspecified atom stereocenters. The van der Waals surface area contributed by atoms with E-state index in [1.54, 1.807) is 7.11 Å². The second-order valence-electron chi connectivity index (χ2n) is 4.31. The summed E-state index contributed by atoms with van der Waals surface area (Å²) < 4.78 is 10.3. The fourth-order valence-electron chi connectivity index (χ4n) is 1.91. The van der Waals surface area contributed by atoms with Gasteiger partial charge in [0, 0.05) is 13.0 Å². The number of aliphatic hydroxyl groups excluding tert-OH is 1. The zero-order valence-electron chi connectivity index (χ0n) is 10.3. The van der Waals surface area contributed by atoms with Crippen LogP contribution in [0.4, 0.5) is 0 Å². The molecular formula is C13H17NO4. The summed E-state index contributed by atoms with van der Waals surface area (Å²) in [6, 6.07) is 6.97. The molecular weight excluding hydrogens is 234 g/mol. The molecule has 5 heteroatoms. The first-order valence-corrected chi connectivity index (χ1v) is 5.90. The topological polar surface area (TPSA) is 67.8 Å². The molecule has 1 aromatic rings. The fourth-order valence-corrected chi connectivity index (χ4v) is 1.91. The molecule has 2 atom stereocenters. The van der Waals surface area contributed by atoms with E-state index in [2.05, 4.69) is 5.32 Å². The van der Waals surface area contributed by atoms with Crippen LogP contribution in [-0.4, -0.2) is 36.9 Å². The minimum absolute atomic E-state index is 0.213. The van der Waals surface area contributed by atoms with Crippen molar-refractivity contribution in [1.82, 2.24) is 5.32 Å². The van der Waals surface area contributed by atoms with Crippen LogP contribution in [0.2, 0.25) is 0 Å². The number of ether oxygens (including phenoxy) is 2. The lowest BCUT2D eigenvalue weighted by molar-refractivity contribution is -0.147. The van der Waals surface area contributed by atoms with E-state index in [4.69, 9.17) is 9.47 Å². The first-order chi connectivity index (χ1) is 8.69. The SMILES string of the molecule is COc1cccc(COC(=O)[C@H]2C[C@@H](O)CN2)c1. The minimum Gasteiger partial charge on any atom is -0.497 e. The van der Waals surface area contributed by atoms with Crippen LogP contribution in [0.1, 0.15) is 12.0 Å². The quantitative estimate of drug-likeness (QED) is 0.761. The highest BCUT2D eigenvalue weighted by molar-refractivity contribution is 5.76. The van der Waals surface area contributed by atoms with Gasteiger partial charge in [-0.05, 0) is 17.7 Å². The highest BCUT2D eigenvalue weighted by Gasteiger charge is 2.29. The summed E-state index contributed by atoms with van der Waals surface area (Å²) in [4.78, 5) is 11.7. The first kappa shape index (κ1) is 12.9. The molecule has 0 radical (unpaired) electrons. The van der Waals surface area contributed by atoms with Gasteiger partial charge < -0.3 is 19.9 Å². The molecule has 0 bridgehead atoms. The Morgan fingerprint density at radius 3 is 3.06 bits per heavy atom. The summed E-state index contributed by atoms with van der Waals surface area (Å²) in [5, 5.41) is 12.2. The number of hydrogen-bond donors (Lipinski definition) is 2. The van der Waals surface area contributed by atoms with Crippen LogP contribution in [0.25, 0.3) is 0 Å². The van der Waals surface area contributed by atoms with Crippen LogP contribution in [0.3, 0.4) is 0 Å². The molecule has 18 heavy (non-hydrogen) atoms. The van der Waals surface area contributed by atoms with Gasteiger partial charge in [-0.3, -0.25) is 4.79 Å². The normalized spacial score (nSPS) is 22.8. The Labute approximate surface area is 106 Å². The second kappa shape index (κ2) is 5.84. The number of carbonyl (C=O) groups is 1. The fraction of sp³-hybridized carbons (Fsp3) is 0.462. The van der Waals surface area contributed by atoms with Crippen LogP contribution in [-0.2, 0) is 16.1 Å². The lowest BCUT2D eigenvalue weighted by atomic mass is 10.2. The van der Waals surface area contributed by atoms with Gasteiger partial charge in [0.15, 0.2) is 0 Å². The van der Waals surface area contributed by atoms with Gasteiger partial charge in [0.1, 0.15) is 18.4 Å². The van der Waals surface area contributed by atoms with E-state index in [0.717, 1.165) is 11.3 Å². The van der Waals surface area contributed by atoms with E-state index in [-0.39, 0.29) is 12.6 Å². The summed E-state index contributed by atoms with van der Waals surface area (Å²) in [6.07, 6.45) is -0.0453. The van der Waals surface area contributed by atoms with E-state index in [9.17, 15) is 9.90 Å². The predicted octanol–water partition coefficient (Wildman–Crippen LogP) is 0.461. The number of benzene rings is 1. The van der Waals surface area contributed by atoms with Gasteiger partial charge in [-0.2, -0.15) is 0 Å². The van der Waals surface area contributed by atoms with Gasteiger partial charge in [-0.25, -0.2) is 0 Å². The van der Waals surface area contributed by atoms with Crippen molar-refractivity contribution < 1.29 is 19.4 Å². The summed E-state index contributed by atoms with van der Waals surface area (Å²) in [7, 11) is 1.59. The van der Waals surface area contributed by atoms with Crippen LogP contribution in [0.15, 0.2) is 24.3 Å². The van der Waals surface area contributed by atoms with Crippen molar-refractivity contribution in [1.29, 1.82) is 0 Å². The second-order valence-corrected chi connectivity index (χ2v) is 4.31. The zero-order chi connectivity index (χ0) is 13.0. The Morgan fingerprint density at radius 1 is 1.56 bits per heavy atom. The Hall–Kier alpha value is -1.59. The van der Waals surface area contributed by atoms with E-state index >= 15 is 0 Å². The largest absolute Gasteiger partial charge is 0.497 e. The number of methoxy groups -OCH3 is 1. The van der Waals surface area contributed by atoms with Crippen molar-refractivity contribution in [3.63, 3.8) is 0 Å². The van der Waals surface area contributed by atoms with Gasteiger partial charge in [-0.15, -0.1) is 0 Å². The molecule has 0 amide bonds. The molecule has 0 aliphatic carbocycles. The number of esters is 1. The first-order valence-electron chi connectivity index (χ1n) is 5.90. The molecule has 0 aromatic heterocycles. The molecule has 0 spiro atoms. The predicted molar refractivity (Wildman–Crippen MR) is 65.2 cm³/mol.